The molecule has 5 nitrogen and oxygen atoms in total. The molecule has 24 heavy (non-hydrogen) atoms. The van der Waals surface area contributed by atoms with Gasteiger partial charge in [-0.3, -0.25) is 9.78 Å². The molecule has 2 aromatic rings. The minimum Gasteiger partial charge on any atom is -0.338 e. The first-order chi connectivity index (χ1) is 11.6. The second kappa shape index (κ2) is 5.81. The first-order valence-corrected chi connectivity index (χ1v) is 8.69. The van der Waals surface area contributed by atoms with Crippen LogP contribution in [0, 0.1) is 6.92 Å². The van der Waals surface area contributed by atoms with Crippen molar-refractivity contribution >= 4 is 17.5 Å². The van der Waals surface area contributed by atoms with Gasteiger partial charge < -0.3 is 4.90 Å². The molecular weight excluding hydrogens is 324 g/mol. The van der Waals surface area contributed by atoms with Gasteiger partial charge in [-0.1, -0.05) is 11.6 Å². The predicted molar refractivity (Wildman–Crippen MR) is 91.2 cm³/mol. The van der Waals surface area contributed by atoms with Crippen molar-refractivity contribution < 1.29 is 4.79 Å². The number of hydrogen-bond acceptors (Lipinski definition) is 4. The quantitative estimate of drug-likeness (QED) is 0.799. The molecule has 0 N–H and O–H groups in total. The molecular formula is C18H19ClN4O. The fourth-order valence-electron chi connectivity index (χ4n) is 4.05. The highest BCUT2D eigenvalue weighted by Crippen LogP contribution is 2.44. The van der Waals surface area contributed by atoms with Crippen molar-refractivity contribution in [3.05, 3.63) is 52.3 Å². The molecule has 0 aromatic carbocycles. The number of nitrogens with zero attached hydrogens (tertiary/aromatic N) is 4. The van der Waals surface area contributed by atoms with E-state index in [1.54, 1.807) is 12.3 Å². The number of rotatable bonds is 1. The number of aryl methyl sites for hydroxylation is 2. The second-order valence-electron chi connectivity index (χ2n) is 6.76. The molecule has 0 bridgehead atoms. The van der Waals surface area contributed by atoms with Crippen LogP contribution >= 0.6 is 11.6 Å². The molecule has 1 saturated heterocycles. The summed E-state index contributed by atoms with van der Waals surface area (Å²) in [6.45, 7) is 3.39. The highest BCUT2D eigenvalue weighted by atomic mass is 35.5. The molecule has 1 spiro atoms. The van der Waals surface area contributed by atoms with Gasteiger partial charge in [-0.15, -0.1) is 0 Å². The van der Waals surface area contributed by atoms with Crippen LogP contribution in [0.3, 0.4) is 0 Å². The van der Waals surface area contributed by atoms with Crippen molar-refractivity contribution in [3.63, 3.8) is 0 Å². The van der Waals surface area contributed by atoms with Crippen molar-refractivity contribution in [1.82, 2.24) is 19.9 Å². The van der Waals surface area contributed by atoms with Gasteiger partial charge in [0.2, 0.25) is 0 Å². The van der Waals surface area contributed by atoms with E-state index >= 15 is 0 Å². The molecule has 1 atom stereocenters. The molecule has 124 valence electrons. The van der Waals surface area contributed by atoms with E-state index in [1.165, 1.54) is 11.8 Å². The molecule has 2 aliphatic rings. The van der Waals surface area contributed by atoms with Crippen LogP contribution in [0.1, 0.15) is 46.7 Å². The van der Waals surface area contributed by atoms with Crippen molar-refractivity contribution in [2.24, 2.45) is 0 Å². The van der Waals surface area contributed by atoms with Crippen molar-refractivity contribution in [1.29, 1.82) is 0 Å². The fraction of sp³-hybridized carbons (Fsp3) is 0.444. The lowest BCUT2D eigenvalue weighted by Gasteiger charge is -2.40. The Hall–Kier alpha value is -2.01. The molecule has 1 aliphatic carbocycles. The van der Waals surface area contributed by atoms with Crippen LogP contribution < -0.4 is 0 Å². The van der Waals surface area contributed by atoms with Gasteiger partial charge in [0.1, 0.15) is 5.82 Å². The summed E-state index contributed by atoms with van der Waals surface area (Å²) in [4.78, 5) is 27.9. The SMILES string of the molecule is Cc1ncc2c(n1)C1(CCCN(C(=O)c3ccncc3Cl)C1)CC2. The lowest BCUT2D eigenvalue weighted by Crippen LogP contribution is -2.48. The Bertz CT molecular complexity index is 805. The van der Waals surface area contributed by atoms with E-state index in [2.05, 4.69) is 9.97 Å². The molecule has 4 rings (SSSR count). The zero-order valence-corrected chi connectivity index (χ0v) is 14.4. The Morgan fingerprint density at radius 1 is 1.33 bits per heavy atom. The van der Waals surface area contributed by atoms with Crippen LogP contribution in [0.2, 0.25) is 5.02 Å². The summed E-state index contributed by atoms with van der Waals surface area (Å²) in [5.74, 6) is 0.788. The van der Waals surface area contributed by atoms with E-state index in [4.69, 9.17) is 16.6 Å². The standard InChI is InChI=1S/C18H19ClN4O/c1-12-21-9-13-3-6-18(16(13)22-12)5-2-8-23(11-18)17(24)14-4-7-20-10-15(14)19/h4,7,9-10H,2-3,5-6,8,11H2,1H3. The van der Waals surface area contributed by atoms with Crippen molar-refractivity contribution in [2.75, 3.05) is 13.1 Å². The maximum absolute atomic E-state index is 12.9. The van der Waals surface area contributed by atoms with Gasteiger partial charge in [0, 0.05) is 37.1 Å². The highest BCUT2D eigenvalue weighted by Gasteiger charge is 2.44. The minimum atomic E-state index is -0.0313. The van der Waals surface area contributed by atoms with Crippen molar-refractivity contribution in [3.8, 4) is 0 Å². The molecule has 1 aliphatic heterocycles. The lowest BCUT2D eigenvalue weighted by molar-refractivity contribution is 0.0633. The average Bonchev–Trinajstić information content (AvgIpc) is 2.92. The summed E-state index contributed by atoms with van der Waals surface area (Å²) in [6, 6.07) is 1.70. The van der Waals surface area contributed by atoms with Gasteiger partial charge in [-0.25, -0.2) is 9.97 Å². The Balaban J connectivity index is 1.65. The van der Waals surface area contributed by atoms with Gasteiger partial charge in [0.05, 0.1) is 16.3 Å². The topological polar surface area (TPSA) is 59.0 Å². The zero-order valence-electron chi connectivity index (χ0n) is 13.6. The highest BCUT2D eigenvalue weighted by molar-refractivity contribution is 6.33. The normalized spacial score (nSPS) is 22.7. The molecule has 1 amide bonds. The summed E-state index contributed by atoms with van der Waals surface area (Å²) in [5, 5.41) is 0.409. The van der Waals surface area contributed by atoms with Gasteiger partial charge in [0.15, 0.2) is 0 Å². The minimum absolute atomic E-state index is 0.0132. The smallest absolute Gasteiger partial charge is 0.255 e. The Kier molecular flexibility index (Phi) is 3.76. The Labute approximate surface area is 146 Å². The van der Waals surface area contributed by atoms with E-state index in [1.807, 2.05) is 18.0 Å². The number of fused-ring (bicyclic) bond motifs is 2. The Morgan fingerprint density at radius 3 is 3.04 bits per heavy atom. The van der Waals surface area contributed by atoms with Crippen LogP contribution in [0.5, 0.6) is 0 Å². The third-order valence-electron chi connectivity index (χ3n) is 5.23. The van der Waals surface area contributed by atoms with E-state index in [0.717, 1.165) is 43.7 Å². The first-order valence-electron chi connectivity index (χ1n) is 8.31. The van der Waals surface area contributed by atoms with E-state index in [0.29, 0.717) is 17.1 Å². The van der Waals surface area contributed by atoms with Crippen LogP contribution in [-0.4, -0.2) is 38.8 Å². The molecule has 6 heteroatoms. The average molecular weight is 343 g/mol. The lowest BCUT2D eigenvalue weighted by atomic mass is 9.77. The Morgan fingerprint density at radius 2 is 2.21 bits per heavy atom. The van der Waals surface area contributed by atoms with E-state index in [9.17, 15) is 4.79 Å². The summed E-state index contributed by atoms with van der Waals surface area (Å²) < 4.78 is 0. The van der Waals surface area contributed by atoms with Crippen molar-refractivity contribution in [2.45, 2.75) is 38.0 Å². The number of halogens is 1. The summed E-state index contributed by atoms with van der Waals surface area (Å²) in [5.41, 5.74) is 2.88. The summed E-state index contributed by atoms with van der Waals surface area (Å²) in [7, 11) is 0. The molecule has 2 aromatic heterocycles. The molecule has 1 unspecified atom stereocenters. The molecule has 0 saturated carbocycles. The molecule has 3 heterocycles. The van der Waals surface area contributed by atoms with Crippen LogP contribution in [0.25, 0.3) is 0 Å². The summed E-state index contributed by atoms with van der Waals surface area (Å²) >= 11 is 6.16. The second-order valence-corrected chi connectivity index (χ2v) is 7.16. The number of likely N-dealkylation sites (tertiary alicyclic amines) is 1. The third-order valence-corrected chi connectivity index (χ3v) is 5.53. The molecule has 0 radical (unpaired) electrons. The number of carbonyl (C=O) groups excluding carboxylic acids is 1. The van der Waals surface area contributed by atoms with Gasteiger partial charge in [-0.05, 0) is 44.2 Å². The maximum Gasteiger partial charge on any atom is 0.255 e. The largest absolute Gasteiger partial charge is 0.338 e. The van der Waals surface area contributed by atoms with Crippen LogP contribution in [-0.2, 0) is 11.8 Å². The third kappa shape index (κ3) is 2.47. The van der Waals surface area contributed by atoms with Crippen LogP contribution in [0.4, 0.5) is 0 Å². The number of carbonyl (C=O) groups is 1. The number of amides is 1. The monoisotopic (exact) mass is 342 g/mol. The number of piperidine rings is 1. The van der Waals surface area contributed by atoms with Crippen LogP contribution in [0.15, 0.2) is 24.7 Å². The number of aromatic nitrogens is 3. The summed E-state index contributed by atoms with van der Waals surface area (Å²) in [6.07, 6.45) is 9.17. The van der Waals surface area contributed by atoms with E-state index < -0.39 is 0 Å². The first kappa shape index (κ1) is 15.5. The number of pyridine rings is 1. The maximum atomic E-state index is 12.9. The predicted octanol–water partition coefficient (Wildman–Crippen LogP) is 2.95. The van der Waals surface area contributed by atoms with Gasteiger partial charge in [0.25, 0.3) is 5.91 Å². The zero-order chi connectivity index (χ0) is 16.7. The number of hydrogen-bond donors (Lipinski definition) is 0. The fourth-order valence-corrected chi connectivity index (χ4v) is 4.25. The molecule has 1 fully saturated rings. The van der Waals surface area contributed by atoms with Gasteiger partial charge >= 0.3 is 0 Å². The van der Waals surface area contributed by atoms with E-state index in [-0.39, 0.29) is 11.3 Å². The van der Waals surface area contributed by atoms with Gasteiger partial charge in [-0.2, -0.15) is 0 Å².